The monoisotopic (exact) mass is 147 g/mol. The van der Waals surface area contributed by atoms with Gasteiger partial charge < -0.3 is 0 Å². The first-order valence-electron chi connectivity index (χ1n) is 3.56. The number of aromatic nitrogens is 1. The van der Waals surface area contributed by atoms with Gasteiger partial charge in [-0.15, -0.1) is 0 Å². The number of hydrogen-bond acceptors (Lipinski definition) is 3. The summed E-state index contributed by atoms with van der Waals surface area (Å²) >= 11 is 0. The molecule has 0 fully saturated rings. The van der Waals surface area contributed by atoms with Crippen molar-refractivity contribution in [1.29, 1.82) is 0 Å². The molecule has 2 heterocycles. The van der Waals surface area contributed by atoms with Gasteiger partial charge in [-0.2, -0.15) is 0 Å². The summed E-state index contributed by atoms with van der Waals surface area (Å²) in [6, 6.07) is 3.93. The van der Waals surface area contributed by atoms with Gasteiger partial charge >= 0.3 is 0 Å². The van der Waals surface area contributed by atoms with Crippen molar-refractivity contribution in [2.45, 2.75) is 0 Å². The van der Waals surface area contributed by atoms with E-state index in [0.29, 0.717) is 0 Å². The molecule has 0 saturated heterocycles. The molecular weight excluding hydrogens is 138 g/mol. The predicted octanol–water partition coefficient (Wildman–Crippen LogP) is 0.920. The lowest BCUT2D eigenvalue weighted by molar-refractivity contribution is 0.812. The molecule has 56 valence electrons. The van der Waals surface area contributed by atoms with Crippen molar-refractivity contribution < 1.29 is 0 Å². The fourth-order valence-electron chi connectivity index (χ4n) is 1.04. The van der Waals surface area contributed by atoms with E-state index in [4.69, 9.17) is 0 Å². The topological polar surface area (TPSA) is 28.2 Å². The van der Waals surface area contributed by atoms with Gasteiger partial charge in [-0.1, -0.05) is 6.08 Å². The Bertz CT molecular complexity index is 255. The number of anilines is 1. The molecule has 2 rings (SSSR count). The van der Waals surface area contributed by atoms with Crippen molar-refractivity contribution in [1.82, 2.24) is 10.4 Å². The molecule has 3 nitrogen and oxygen atoms in total. The molecule has 1 aliphatic rings. The summed E-state index contributed by atoms with van der Waals surface area (Å²) in [5.74, 6) is 0. The molecule has 0 spiro atoms. The Morgan fingerprint density at radius 3 is 3.18 bits per heavy atom. The van der Waals surface area contributed by atoms with Gasteiger partial charge in [0.1, 0.15) is 0 Å². The summed E-state index contributed by atoms with van der Waals surface area (Å²) < 4.78 is 0. The molecule has 3 heteroatoms. The summed E-state index contributed by atoms with van der Waals surface area (Å²) in [6.45, 7) is 0.898. The molecule has 1 N–H and O–H groups in total. The summed E-state index contributed by atoms with van der Waals surface area (Å²) in [5, 5.41) is 1.95. The highest BCUT2D eigenvalue weighted by atomic mass is 15.5. The van der Waals surface area contributed by atoms with Gasteiger partial charge in [0, 0.05) is 18.9 Å². The van der Waals surface area contributed by atoms with Crippen LogP contribution >= 0.6 is 0 Å². The Morgan fingerprint density at radius 1 is 1.55 bits per heavy atom. The number of hydrazine groups is 1. The van der Waals surface area contributed by atoms with Crippen molar-refractivity contribution >= 4 is 5.69 Å². The Balaban J connectivity index is 2.23. The summed E-state index contributed by atoms with van der Waals surface area (Å²) in [6.07, 6.45) is 7.65. The average Bonchev–Trinajstić information content (AvgIpc) is 2.58. The van der Waals surface area contributed by atoms with E-state index in [2.05, 4.69) is 16.5 Å². The van der Waals surface area contributed by atoms with Gasteiger partial charge in [0.2, 0.25) is 0 Å². The summed E-state index contributed by atoms with van der Waals surface area (Å²) in [4.78, 5) is 4.01. The van der Waals surface area contributed by atoms with E-state index in [1.54, 1.807) is 6.20 Å². The Morgan fingerprint density at radius 2 is 2.55 bits per heavy atom. The van der Waals surface area contributed by atoms with E-state index in [9.17, 15) is 0 Å². The molecule has 0 atom stereocenters. The fraction of sp³-hybridized carbons (Fsp3) is 0.125. The second-order valence-corrected chi connectivity index (χ2v) is 2.33. The second kappa shape index (κ2) is 2.72. The zero-order valence-electron chi connectivity index (χ0n) is 6.07. The molecule has 0 aromatic carbocycles. The van der Waals surface area contributed by atoms with Crippen LogP contribution in [0.5, 0.6) is 0 Å². The summed E-state index contributed by atoms with van der Waals surface area (Å²) in [7, 11) is 0. The highest BCUT2D eigenvalue weighted by molar-refractivity contribution is 5.46. The molecule has 1 aromatic heterocycles. The van der Waals surface area contributed by atoms with Crippen molar-refractivity contribution in [3.63, 3.8) is 0 Å². The third-order valence-electron chi connectivity index (χ3n) is 1.56. The largest absolute Gasteiger partial charge is 0.283 e. The molecule has 0 saturated carbocycles. The maximum absolute atomic E-state index is 4.01. The molecule has 1 aliphatic heterocycles. The van der Waals surface area contributed by atoms with Gasteiger partial charge in [0.25, 0.3) is 0 Å². The molecule has 0 bridgehead atoms. The van der Waals surface area contributed by atoms with Crippen LogP contribution in [0.15, 0.2) is 36.8 Å². The lowest BCUT2D eigenvalue weighted by Gasteiger charge is -2.14. The highest BCUT2D eigenvalue weighted by Gasteiger charge is 2.04. The van der Waals surface area contributed by atoms with Crippen LogP contribution in [-0.2, 0) is 0 Å². The quantitative estimate of drug-likeness (QED) is 0.640. The van der Waals surface area contributed by atoms with Gasteiger partial charge in [0.15, 0.2) is 0 Å². The predicted molar refractivity (Wildman–Crippen MR) is 43.9 cm³/mol. The standard InChI is InChI=1S/C8H9N3/c1-3-8(7-9-4-1)11-6-2-5-10-11/h1-4,6-7,10H,5H2. The third kappa shape index (κ3) is 1.23. The molecule has 0 aliphatic carbocycles. The zero-order valence-corrected chi connectivity index (χ0v) is 6.07. The Labute approximate surface area is 65.3 Å². The van der Waals surface area contributed by atoms with Crippen LogP contribution in [0.3, 0.4) is 0 Å². The van der Waals surface area contributed by atoms with Crippen molar-refractivity contribution in [3.8, 4) is 0 Å². The van der Waals surface area contributed by atoms with Crippen LogP contribution in [0.2, 0.25) is 0 Å². The van der Waals surface area contributed by atoms with E-state index < -0.39 is 0 Å². The fourth-order valence-corrected chi connectivity index (χ4v) is 1.04. The highest BCUT2D eigenvalue weighted by Crippen LogP contribution is 2.10. The minimum Gasteiger partial charge on any atom is -0.283 e. The first-order chi connectivity index (χ1) is 5.47. The van der Waals surface area contributed by atoms with Gasteiger partial charge in [-0.05, 0) is 12.1 Å². The van der Waals surface area contributed by atoms with Crippen LogP contribution in [0.1, 0.15) is 0 Å². The molecule has 11 heavy (non-hydrogen) atoms. The Hall–Kier alpha value is -1.35. The molecule has 1 aromatic rings. The van der Waals surface area contributed by atoms with E-state index >= 15 is 0 Å². The van der Waals surface area contributed by atoms with Crippen LogP contribution in [0.25, 0.3) is 0 Å². The third-order valence-corrected chi connectivity index (χ3v) is 1.56. The average molecular weight is 147 g/mol. The van der Waals surface area contributed by atoms with Gasteiger partial charge in [0.05, 0.1) is 11.9 Å². The van der Waals surface area contributed by atoms with Crippen LogP contribution in [0, 0.1) is 0 Å². The van der Waals surface area contributed by atoms with Gasteiger partial charge in [-0.3, -0.25) is 9.99 Å². The van der Waals surface area contributed by atoms with E-state index in [0.717, 1.165) is 12.2 Å². The van der Waals surface area contributed by atoms with Gasteiger partial charge in [-0.25, -0.2) is 5.43 Å². The lowest BCUT2D eigenvalue weighted by atomic mass is 10.4. The molecule has 0 amide bonds. The Kier molecular flexibility index (Phi) is 1.57. The maximum Gasteiger partial charge on any atom is 0.0753 e. The van der Waals surface area contributed by atoms with E-state index in [-0.39, 0.29) is 0 Å². The first kappa shape index (κ1) is 6.37. The lowest BCUT2D eigenvalue weighted by Crippen LogP contribution is -2.28. The zero-order chi connectivity index (χ0) is 7.52. The SMILES string of the molecule is C1=CN(c2cccnc2)NC1. The maximum atomic E-state index is 4.01. The van der Waals surface area contributed by atoms with Crippen LogP contribution in [-0.4, -0.2) is 11.5 Å². The number of hydrogen-bond donors (Lipinski definition) is 1. The number of rotatable bonds is 1. The second-order valence-electron chi connectivity index (χ2n) is 2.33. The molecule has 0 unspecified atom stereocenters. The van der Waals surface area contributed by atoms with Crippen molar-refractivity contribution in [3.05, 3.63) is 36.8 Å². The number of nitrogens with zero attached hydrogens (tertiary/aromatic N) is 2. The van der Waals surface area contributed by atoms with Crippen molar-refractivity contribution in [2.75, 3.05) is 11.6 Å². The van der Waals surface area contributed by atoms with Crippen LogP contribution < -0.4 is 10.4 Å². The number of pyridine rings is 1. The normalized spacial score (nSPS) is 15.8. The van der Waals surface area contributed by atoms with Crippen molar-refractivity contribution in [2.24, 2.45) is 0 Å². The minimum atomic E-state index is 0.898. The van der Waals surface area contributed by atoms with Crippen LogP contribution in [0.4, 0.5) is 5.69 Å². The summed E-state index contributed by atoms with van der Waals surface area (Å²) in [5.41, 5.74) is 4.23. The first-order valence-corrected chi connectivity index (χ1v) is 3.56. The molecule has 0 radical (unpaired) electrons. The number of nitrogens with one attached hydrogen (secondary N) is 1. The van der Waals surface area contributed by atoms with E-state index in [1.807, 2.05) is 29.5 Å². The van der Waals surface area contributed by atoms with E-state index in [1.165, 1.54) is 0 Å². The minimum absolute atomic E-state index is 0.898. The smallest absolute Gasteiger partial charge is 0.0753 e. The molecular formula is C8H9N3.